The minimum atomic E-state index is -0.456. The maximum absolute atomic E-state index is 6.01. The zero-order valence-electron chi connectivity index (χ0n) is 20.6. The third-order valence-electron chi connectivity index (χ3n) is 4.95. The molecule has 0 radical (unpaired) electrons. The van der Waals surface area contributed by atoms with E-state index in [1.165, 1.54) is 0 Å². The predicted molar refractivity (Wildman–Crippen MR) is 119 cm³/mol. The summed E-state index contributed by atoms with van der Waals surface area (Å²) in [6.45, 7) is 20.5. The molecule has 0 N–H and O–H groups in total. The molecule has 0 aromatic carbocycles. The molecule has 2 fully saturated rings. The summed E-state index contributed by atoms with van der Waals surface area (Å²) in [6, 6.07) is 0. The largest absolute Gasteiger partial charge is 0.498 e. The monoisotopic (exact) mass is 428 g/mol. The lowest BCUT2D eigenvalue weighted by molar-refractivity contribution is -0.187. The van der Waals surface area contributed by atoms with E-state index < -0.39 is 11.6 Å². The molecule has 0 saturated carbocycles. The molecule has 6 heteroatoms. The van der Waals surface area contributed by atoms with Gasteiger partial charge in [0, 0.05) is 6.42 Å². The minimum absolute atomic E-state index is 0.315. The Morgan fingerprint density at radius 3 is 1.60 bits per heavy atom. The van der Waals surface area contributed by atoms with Gasteiger partial charge in [-0.3, -0.25) is 0 Å². The Balaban J connectivity index is 0.000000303. The number of hydrogen-bond acceptors (Lipinski definition) is 6. The van der Waals surface area contributed by atoms with Gasteiger partial charge in [-0.1, -0.05) is 32.9 Å². The van der Waals surface area contributed by atoms with Crippen LogP contribution in [0.15, 0.2) is 24.7 Å². The van der Waals surface area contributed by atoms with Crippen LogP contribution in [-0.4, -0.2) is 49.2 Å². The van der Waals surface area contributed by atoms with Crippen molar-refractivity contribution in [3.63, 3.8) is 0 Å². The molecule has 176 valence electrons. The standard InChI is InChI=1S/C13H24O3.C11H20O3/c1-6-7-14-9-12(4)10-15-13(5,16-12)8-11(2)3;1-5-7-12-8-10(3)9-13-11(4,6-2)14-10/h6-7,11H,8-10H2,1-5H3;5,7H,6,8-9H2,1-4H3. The van der Waals surface area contributed by atoms with Crippen molar-refractivity contribution in [3.8, 4) is 0 Å². The quantitative estimate of drug-likeness (QED) is 0.447. The summed E-state index contributed by atoms with van der Waals surface area (Å²) < 4.78 is 33.9. The van der Waals surface area contributed by atoms with Gasteiger partial charge in [-0.15, -0.1) is 0 Å². The van der Waals surface area contributed by atoms with E-state index in [0.717, 1.165) is 12.8 Å². The van der Waals surface area contributed by atoms with Crippen molar-refractivity contribution in [2.75, 3.05) is 26.4 Å². The Bertz CT molecular complexity index is 562. The van der Waals surface area contributed by atoms with E-state index in [1.54, 1.807) is 12.5 Å². The van der Waals surface area contributed by atoms with Crippen LogP contribution in [0.5, 0.6) is 0 Å². The molecule has 0 spiro atoms. The van der Waals surface area contributed by atoms with Crippen LogP contribution in [-0.2, 0) is 28.4 Å². The first kappa shape index (κ1) is 27.0. The molecule has 2 saturated heterocycles. The fourth-order valence-corrected chi connectivity index (χ4v) is 3.57. The molecule has 2 aliphatic rings. The first-order valence-corrected chi connectivity index (χ1v) is 11.1. The summed E-state index contributed by atoms with van der Waals surface area (Å²) in [4.78, 5) is 0. The Morgan fingerprint density at radius 1 is 0.800 bits per heavy atom. The highest BCUT2D eigenvalue weighted by atomic mass is 16.8. The summed E-state index contributed by atoms with van der Waals surface area (Å²) in [6.07, 6.45) is 8.85. The highest BCUT2D eigenvalue weighted by Crippen LogP contribution is 2.36. The topological polar surface area (TPSA) is 55.4 Å². The van der Waals surface area contributed by atoms with Crippen molar-refractivity contribution in [2.45, 2.75) is 97.9 Å². The molecule has 6 nitrogen and oxygen atoms in total. The van der Waals surface area contributed by atoms with Crippen LogP contribution in [0.1, 0.15) is 75.2 Å². The van der Waals surface area contributed by atoms with Crippen LogP contribution in [0.4, 0.5) is 0 Å². The molecule has 2 rings (SSSR count). The Hall–Kier alpha value is -1.08. The third kappa shape index (κ3) is 8.96. The molecule has 0 aliphatic carbocycles. The normalized spacial score (nSPS) is 36.5. The van der Waals surface area contributed by atoms with Crippen LogP contribution in [0, 0.1) is 5.92 Å². The summed E-state index contributed by atoms with van der Waals surface area (Å²) in [5.74, 6) is -0.334. The lowest BCUT2D eigenvalue weighted by Crippen LogP contribution is -2.37. The van der Waals surface area contributed by atoms with Crippen molar-refractivity contribution in [3.05, 3.63) is 24.7 Å². The zero-order valence-corrected chi connectivity index (χ0v) is 20.6. The van der Waals surface area contributed by atoms with Gasteiger partial charge in [0.1, 0.15) is 24.4 Å². The first-order chi connectivity index (χ1) is 13.9. The van der Waals surface area contributed by atoms with Crippen molar-refractivity contribution in [2.24, 2.45) is 5.92 Å². The van der Waals surface area contributed by atoms with Gasteiger partial charge in [0.2, 0.25) is 0 Å². The van der Waals surface area contributed by atoms with E-state index >= 15 is 0 Å². The minimum Gasteiger partial charge on any atom is -0.498 e. The molecule has 30 heavy (non-hydrogen) atoms. The number of rotatable bonds is 9. The van der Waals surface area contributed by atoms with Gasteiger partial charge >= 0.3 is 0 Å². The average Bonchev–Trinajstić information content (AvgIpc) is 3.12. The van der Waals surface area contributed by atoms with Crippen LogP contribution >= 0.6 is 0 Å². The van der Waals surface area contributed by atoms with E-state index in [0.29, 0.717) is 32.3 Å². The zero-order chi connectivity index (χ0) is 22.9. The van der Waals surface area contributed by atoms with Gasteiger partial charge in [0.05, 0.1) is 25.7 Å². The highest BCUT2D eigenvalue weighted by Gasteiger charge is 2.46. The predicted octanol–water partition coefficient (Wildman–Crippen LogP) is 5.57. The van der Waals surface area contributed by atoms with Gasteiger partial charge in [0.25, 0.3) is 0 Å². The molecule has 0 amide bonds. The van der Waals surface area contributed by atoms with Gasteiger partial charge in [-0.05, 0) is 53.9 Å². The van der Waals surface area contributed by atoms with E-state index in [9.17, 15) is 0 Å². The molecule has 0 bridgehead atoms. The number of hydrogen-bond donors (Lipinski definition) is 0. The average molecular weight is 429 g/mol. The second kappa shape index (κ2) is 11.5. The second-order valence-electron chi connectivity index (χ2n) is 9.46. The second-order valence-corrected chi connectivity index (χ2v) is 9.46. The number of allylic oxidation sites excluding steroid dienone is 2. The van der Waals surface area contributed by atoms with Gasteiger partial charge in [-0.2, -0.15) is 0 Å². The smallest absolute Gasteiger partial charge is 0.166 e. The van der Waals surface area contributed by atoms with Crippen LogP contribution in [0.2, 0.25) is 0 Å². The van der Waals surface area contributed by atoms with Crippen LogP contribution in [0.3, 0.4) is 0 Å². The molecule has 4 atom stereocenters. The molecule has 2 heterocycles. The maximum Gasteiger partial charge on any atom is 0.166 e. The van der Waals surface area contributed by atoms with Crippen LogP contribution in [0.25, 0.3) is 0 Å². The lowest BCUT2D eigenvalue weighted by Gasteiger charge is -2.28. The SMILES string of the molecule is CC=COCC1(C)COC(C)(CC(C)C)O1.CC=COCC1(C)COC(C)(CC)O1. The van der Waals surface area contributed by atoms with E-state index in [1.807, 2.05) is 53.7 Å². The molecular formula is C24H44O6. The Kier molecular flexibility index (Phi) is 10.3. The fourth-order valence-electron chi connectivity index (χ4n) is 3.57. The fraction of sp³-hybridized carbons (Fsp3) is 0.833. The van der Waals surface area contributed by atoms with Gasteiger partial charge < -0.3 is 28.4 Å². The van der Waals surface area contributed by atoms with Crippen molar-refractivity contribution in [1.82, 2.24) is 0 Å². The van der Waals surface area contributed by atoms with E-state index in [-0.39, 0.29) is 11.2 Å². The van der Waals surface area contributed by atoms with Crippen molar-refractivity contribution >= 4 is 0 Å². The third-order valence-corrected chi connectivity index (χ3v) is 4.95. The Labute approximate surface area is 183 Å². The summed E-state index contributed by atoms with van der Waals surface area (Å²) in [7, 11) is 0. The molecule has 0 aromatic heterocycles. The van der Waals surface area contributed by atoms with E-state index in [4.69, 9.17) is 28.4 Å². The number of ether oxygens (including phenoxy) is 6. The van der Waals surface area contributed by atoms with Crippen LogP contribution < -0.4 is 0 Å². The Morgan fingerprint density at radius 2 is 1.23 bits per heavy atom. The molecular weight excluding hydrogens is 384 g/mol. The lowest BCUT2D eigenvalue weighted by atomic mass is 10.0. The maximum atomic E-state index is 6.01. The molecule has 0 aromatic rings. The van der Waals surface area contributed by atoms with Gasteiger partial charge in [-0.25, -0.2) is 0 Å². The van der Waals surface area contributed by atoms with Gasteiger partial charge in [0.15, 0.2) is 11.6 Å². The summed E-state index contributed by atoms with van der Waals surface area (Å²) in [5, 5.41) is 0. The first-order valence-electron chi connectivity index (χ1n) is 11.1. The van der Waals surface area contributed by atoms with Crippen molar-refractivity contribution in [1.29, 1.82) is 0 Å². The molecule has 2 aliphatic heterocycles. The van der Waals surface area contributed by atoms with E-state index in [2.05, 4.69) is 20.8 Å². The summed E-state index contributed by atoms with van der Waals surface area (Å²) >= 11 is 0. The highest BCUT2D eigenvalue weighted by molar-refractivity contribution is 4.87. The molecule has 4 unspecified atom stereocenters. The van der Waals surface area contributed by atoms with Crippen molar-refractivity contribution < 1.29 is 28.4 Å². The summed E-state index contributed by atoms with van der Waals surface area (Å²) in [5.41, 5.74) is -0.645.